The highest BCUT2D eigenvalue weighted by atomic mass is 16.1. The van der Waals surface area contributed by atoms with Crippen LogP contribution in [0, 0.1) is 20.8 Å². The number of aromatic nitrogens is 8. The average molecular weight is 555 g/mol. The zero-order valence-corrected chi connectivity index (χ0v) is 24.0. The topological polar surface area (TPSA) is 151 Å². The molecule has 4 heterocycles. The lowest BCUT2D eigenvalue weighted by Gasteiger charge is -2.22. The van der Waals surface area contributed by atoms with Crippen LogP contribution >= 0.6 is 0 Å². The van der Waals surface area contributed by atoms with E-state index in [0.717, 1.165) is 28.5 Å². The summed E-state index contributed by atoms with van der Waals surface area (Å²) in [6, 6.07) is 14.8. The Kier molecular flexibility index (Phi) is 7.31. The lowest BCUT2D eigenvalue weighted by atomic mass is 10.1. The van der Waals surface area contributed by atoms with Crippen LogP contribution in [0.1, 0.15) is 49.1 Å². The number of hydrogen-bond donors (Lipinski definition) is 4. The summed E-state index contributed by atoms with van der Waals surface area (Å²) < 4.78 is 3.22. The molecule has 12 heteroatoms. The maximum absolute atomic E-state index is 12.5. The number of hydrogen-bond acceptors (Lipinski definition) is 8. The summed E-state index contributed by atoms with van der Waals surface area (Å²) in [5.41, 5.74) is 4.11. The number of rotatable bonds is 8. The molecular weight excluding hydrogens is 520 g/mol. The molecule has 1 aromatic carbocycles. The molecule has 0 bridgehead atoms. The molecule has 0 unspecified atom stereocenters. The van der Waals surface area contributed by atoms with Crippen LogP contribution in [0.25, 0.3) is 11.9 Å². The summed E-state index contributed by atoms with van der Waals surface area (Å²) in [7, 11) is 0. The molecule has 5 rings (SSSR count). The van der Waals surface area contributed by atoms with Crippen LogP contribution in [0.2, 0.25) is 0 Å². The minimum absolute atomic E-state index is 0.189. The van der Waals surface area contributed by atoms with Gasteiger partial charge in [-0.15, -0.1) is 0 Å². The van der Waals surface area contributed by atoms with Gasteiger partial charge >= 0.3 is 0 Å². The third-order valence-electron chi connectivity index (χ3n) is 6.08. The van der Waals surface area contributed by atoms with Gasteiger partial charge in [0.1, 0.15) is 11.6 Å². The summed E-state index contributed by atoms with van der Waals surface area (Å²) >= 11 is 0. The number of benzene rings is 1. The Hall–Kier alpha value is -5.00. The highest BCUT2D eigenvalue weighted by molar-refractivity contribution is 5.59. The maximum Gasteiger partial charge on any atom is 0.252 e. The molecule has 0 saturated heterocycles. The molecule has 0 spiro atoms. The molecule has 4 aromatic heterocycles. The van der Waals surface area contributed by atoms with Gasteiger partial charge in [0.05, 0.1) is 17.1 Å². The highest BCUT2D eigenvalue weighted by Crippen LogP contribution is 2.22. The van der Waals surface area contributed by atoms with Crippen molar-refractivity contribution in [3.8, 4) is 11.9 Å². The van der Waals surface area contributed by atoms with E-state index in [1.807, 2.05) is 50.2 Å². The van der Waals surface area contributed by atoms with E-state index >= 15 is 0 Å². The fraction of sp³-hybridized carbons (Fsp3) is 0.310. The lowest BCUT2D eigenvalue weighted by molar-refractivity contribution is 0.621. The fourth-order valence-electron chi connectivity index (χ4n) is 4.49. The van der Waals surface area contributed by atoms with Gasteiger partial charge in [-0.2, -0.15) is 19.6 Å². The molecule has 0 atom stereocenters. The predicted molar refractivity (Wildman–Crippen MR) is 159 cm³/mol. The SMILES string of the molecule is Cc1cc(=O)[nH]c(-n2nc(C)cc2Nc2cccc(CCc3cc(=O)[nH]c(-n4nc(C)cc4NC(C)(C)C)n3)c2)n1. The van der Waals surface area contributed by atoms with Gasteiger partial charge in [-0.05, 0) is 72.1 Å². The number of H-pyrrole nitrogens is 2. The van der Waals surface area contributed by atoms with E-state index in [1.165, 1.54) is 12.1 Å². The van der Waals surface area contributed by atoms with Crippen molar-refractivity contribution in [1.29, 1.82) is 0 Å². The fourth-order valence-corrected chi connectivity index (χ4v) is 4.49. The first-order valence-corrected chi connectivity index (χ1v) is 13.4. The van der Waals surface area contributed by atoms with Crippen molar-refractivity contribution in [3.05, 3.63) is 97.6 Å². The Morgan fingerprint density at radius 2 is 1.39 bits per heavy atom. The molecule has 12 nitrogen and oxygen atoms in total. The molecule has 0 aliphatic carbocycles. The van der Waals surface area contributed by atoms with Crippen LogP contribution in [0.5, 0.6) is 0 Å². The lowest BCUT2D eigenvalue weighted by Crippen LogP contribution is -2.28. The van der Waals surface area contributed by atoms with Crippen molar-refractivity contribution >= 4 is 17.3 Å². The monoisotopic (exact) mass is 554 g/mol. The first-order valence-electron chi connectivity index (χ1n) is 13.4. The first kappa shape index (κ1) is 27.6. The second-order valence-electron chi connectivity index (χ2n) is 11.1. The van der Waals surface area contributed by atoms with Crippen molar-refractivity contribution in [3.63, 3.8) is 0 Å². The van der Waals surface area contributed by atoms with E-state index in [2.05, 4.69) is 56.6 Å². The van der Waals surface area contributed by atoms with Crippen molar-refractivity contribution in [2.24, 2.45) is 0 Å². The predicted octanol–water partition coefficient (Wildman–Crippen LogP) is 3.89. The van der Waals surface area contributed by atoms with Crippen LogP contribution in [0.3, 0.4) is 0 Å². The van der Waals surface area contributed by atoms with E-state index < -0.39 is 0 Å². The van der Waals surface area contributed by atoms with E-state index in [9.17, 15) is 9.59 Å². The number of anilines is 3. The van der Waals surface area contributed by atoms with E-state index in [4.69, 9.17) is 4.98 Å². The summed E-state index contributed by atoms with van der Waals surface area (Å²) in [5.74, 6) is 2.14. The standard InChI is InChI=1S/C29H34N10O2/c1-17-14-25(40)33-27(30-17)38-23(12-18(2)36-38)31-21-9-7-8-20(15-21)10-11-22-16-26(41)34-28(32-22)39-24(13-19(3)37-39)35-29(4,5)6/h7-9,12-16,31,35H,10-11H2,1-6H3,(H,30,33,40)(H,32,34,41). The molecule has 0 fully saturated rings. The quantitative estimate of drug-likeness (QED) is 0.226. The average Bonchev–Trinajstić information content (AvgIpc) is 3.42. The second kappa shape index (κ2) is 10.9. The molecule has 41 heavy (non-hydrogen) atoms. The van der Waals surface area contributed by atoms with Crippen molar-refractivity contribution in [2.75, 3.05) is 10.6 Å². The Morgan fingerprint density at radius 1 is 0.756 bits per heavy atom. The molecule has 0 amide bonds. The minimum atomic E-state index is -0.241. The number of aryl methyl sites for hydroxylation is 5. The summed E-state index contributed by atoms with van der Waals surface area (Å²) in [6.45, 7) is 11.7. The molecule has 0 radical (unpaired) electrons. The molecule has 4 N–H and O–H groups in total. The summed E-state index contributed by atoms with van der Waals surface area (Å²) in [4.78, 5) is 39.2. The maximum atomic E-state index is 12.5. The molecule has 0 aliphatic rings. The Labute approximate surface area is 236 Å². The molecule has 5 aromatic rings. The number of nitrogens with one attached hydrogen (secondary N) is 4. The van der Waals surface area contributed by atoms with Crippen LogP contribution < -0.4 is 21.8 Å². The number of aromatic amines is 2. The van der Waals surface area contributed by atoms with Gasteiger partial charge in [0.15, 0.2) is 0 Å². The molecule has 0 saturated carbocycles. The normalized spacial score (nSPS) is 11.6. The number of nitrogens with zero attached hydrogens (tertiary/aromatic N) is 6. The van der Waals surface area contributed by atoms with Gasteiger partial charge < -0.3 is 10.6 Å². The third-order valence-corrected chi connectivity index (χ3v) is 6.08. The van der Waals surface area contributed by atoms with Gasteiger partial charge in [-0.25, -0.2) is 9.97 Å². The van der Waals surface area contributed by atoms with Crippen LogP contribution in [0.4, 0.5) is 17.3 Å². The Balaban J connectivity index is 1.35. The van der Waals surface area contributed by atoms with Gasteiger partial charge in [0.2, 0.25) is 11.9 Å². The Morgan fingerprint density at radius 3 is 2.07 bits per heavy atom. The molecule has 212 valence electrons. The van der Waals surface area contributed by atoms with E-state index in [-0.39, 0.29) is 16.7 Å². The van der Waals surface area contributed by atoms with E-state index in [0.29, 0.717) is 41.9 Å². The molecular formula is C29H34N10O2. The second-order valence-corrected chi connectivity index (χ2v) is 11.1. The summed E-state index contributed by atoms with van der Waals surface area (Å²) in [6.07, 6.45) is 1.23. The largest absolute Gasteiger partial charge is 0.365 e. The van der Waals surface area contributed by atoms with Crippen LogP contribution in [-0.4, -0.2) is 45.0 Å². The molecule has 0 aliphatic heterocycles. The van der Waals surface area contributed by atoms with Gasteiger partial charge in [0.25, 0.3) is 11.1 Å². The van der Waals surface area contributed by atoms with Crippen molar-refractivity contribution < 1.29 is 0 Å². The highest BCUT2D eigenvalue weighted by Gasteiger charge is 2.17. The zero-order valence-electron chi connectivity index (χ0n) is 24.0. The third kappa shape index (κ3) is 6.78. The Bertz CT molecular complexity index is 1820. The van der Waals surface area contributed by atoms with Gasteiger partial charge in [-0.1, -0.05) is 12.1 Å². The first-order chi connectivity index (χ1) is 19.4. The van der Waals surface area contributed by atoms with E-state index in [1.54, 1.807) is 16.3 Å². The van der Waals surface area contributed by atoms with Gasteiger partial charge in [0, 0.05) is 41.2 Å². The zero-order chi connectivity index (χ0) is 29.3. The van der Waals surface area contributed by atoms with Crippen LogP contribution in [0.15, 0.2) is 58.1 Å². The smallest absolute Gasteiger partial charge is 0.252 e. The minimum Gasteiger partial charge on any atom is -0.365 e. The van der Waals surface area contributed by atoms with Crippen molar-refractivity contribution in [2.45, 2.75) is 59.9 Å². The van der Waals surface area contributed by atoms with Crippen LogP contribution in [-0.2, 0) is 12.8 Å². The van der Waals surface area contributed by atoms with Gasteiger partial charge in [-0.3, -0.25) is 19.6 Å². The van der Waals surface area contributed by atoms with Crippen molar-refractivity contribution in [1.82, 2.24) is 39.5 Å². The summed E-state index contributed by atoms with van der Waals surface area (Å²) in [5, 5.41) is 15.8.